The van der Waals surface area contributed by atoms with Gasteiger partial charge >= 0.3 is 0 Å². The summed E-state index contributed by atoms with van der Waals surface area (Å²) in [5.41, 5.74) is 6.14. The van der Waals surface area contributed by atoms with E-state index in [1.165, 1.54) is 10.8 Å². The van der Waals surface area contributed by atoms with Crippen molar-refractivity contribution in [3.8, 4) is 11.5 Å². The van der Waals surface area contributed by atoms with Crippen LogP contribution in [0, 0.1) is 8.99 Å². The largest absolute Gasteiger partial charge is 0.493 e. The number of halogens is 2. The predicted molar refractivity (Wildman–Crippen MR) is 167 cm³/mol. The van der Waals surface area contributed by atoms with Crippen LogP contribution in [0.1, 0.15) is 49.4 Å². The first-order chi connectivity index (χ1) is 18.7. The van der Waals surface area contributed by atoms with Gasteiger partial charge in [0.05, 0.1) is 16.7 Å². The van der Waals surface area contributed by atoms with Gasteiger partial charge in [0.15, 0.2) is 17.3 Å². The minimum absolute atomic E-state index is 0.0997. The second kappa shape index (κ2) is 10.2. The van der Waals surface area contributed by atoms with Gasteiger partial charge in [-0.2, -0.15) is 0 Å². The lowest BCUT2D eigenvalue weighted by atomic mass is 9.68. The molecule has 2 aliphatic rings. The Morgan fingerprint density at radius 2 is 1.79 bits per heavy atom. The fourth-order valence-corrected chi connectivity index (χ4v) is 6.78. The van der Waals surface area contributed by atoms with Crippen molar-refractivity contribution >= 4 is 62.0 Å². The second-order valence-corrected chi connectivity index (χ2v) is 12.7. The topological polar surface area (TPSA) is 47.6 Å². The third-order valence-corrected chi connectivity index (χ3v) is 8.67. The number of rotatable bonds is 5. The molecule has 6 heteroatoms. The summed E-state index contributed by atoms with van der Waals surface area (Å²) in [5, 5.41) is 6.78. The maximum absolute atomic E-state index is 13.8. The van der Waals surface area contributed by atoms with Crippen LogP contribution in [0.3, 0.4) is 0 Å². The molecule has 0 radical (unpaired) electrons. The molecule has 4 nitrogen and oxygen atoms in total. The molecule has 4 aromatic carbocycles. The fourth-order valence-electron chi connectivity index (χ4n) is 5.87. The molecule has 1 unspecified atom stereocenters. The molecule has 0 fully saturated rings. The maximum Gasteiger partial charge on any atom is 0.174 e. The molecule has 39 heavy (non-hydrogen) atoms. The van der Waals surface area contributed by atoms with Crippen LogP contribution in [0.15, 0.2) is 78.4 Å². The van der Waals surface area contributed by atoms with E-state index < -0.39 is 0 Å². The molecule has 198 valence electrons. The van der Waals surface area contributed by atoms with Gasteiger partial charge < -0.3 is 14.8 Å². The third-order valence-electron chi connectivity index (χ3n) is 7.62. The highest BCUT2D eigenvalue weighted by atomic mass is 127. The Balaban J connectivity index is 1.44. The van der Waals surface area contributed by atoms with Gasteiger partial charge in [-0.15, -0.1) is 0 Å². The minimum Gasteiger partial charge on any atom is -0.493 e. The Morgan fingerprint density at radius 1 is 1.03 bits per heavy atom. The van der Waals surface area contributed by atoms with Crippen molar-refractivity contribution in [3.63, 3.8) is 0 Å². The number of ketones is 1. The first-order valence-electron chi connectivity index (χ1n) is 13.0. The van der Waals surface area contributed by atoms with E-state index in [-0.39, 0.29) is 17.2 Å². The number of Topliss-reactive ketones (excluding diaryl/α,β-unsaturated/α-hetero) is 1. The molecule has 1 heterocycles. The highest BCUT2D eigenvalue weighted by molar-refractivity contribution is 14.1. The molecule has 1 aliphatic heterocycles. The summed E-state index contributed by atoms with van der Waals surface area (Å²) in [6.07, 6.45) is 1.38. The quantitative estimate of drug-likeness (QED) is 0.219. The van der Waals surface area contributed by atoms with Crippen LogP contribution in [0.2, 0.25) is 5.02 Å². The molecular formula is C33H29ClINO3. The summed E-state index contributed by atoms with van der Waals surface area (Å²) in [6, 6.07) is 24.2. The first kappa shape index (κ1) is 26.2. The summed E-state index contributed by atoms with van der Waals surface area (Å²) in [7, 11) is 1.65. The van der Waals surface area contributed by atoms with Gasteiger partial charge in [-0.25, -0.2) is 0 Å². The van der Waals surface area contributed by atoms with Gasteiger partial charge in [-0.1, -0.05) is 67.9 Å². The van der Waals surface area contributed by atoms with Crippen molar-refractivity contribution in [1.82, 2.24) is 0 Å². The first-order valence-corrected chi connectivity index (χ1v) is 14.5. The molecule has 0 spiro atoms. The summed E-state index contributed by atoms with van der Waals surface area (Å²) >= 11 is 8.33. The molecule has 1 N–H and O–H groups in total. The predicted octanol–water partition coefficient (Wildman–Crippen LogP) is 8.99. The highest BCUT2D eigenvalue weighted by Crippen LogP contribution is 2.52. The monoisotopic (exact) mass is 649 g/mol. The zero-order valence-electron chi connectivity index (χ0n) is 22.1. The molecule has 1 atom stereocenters. The maximum atomic E-state index is 13.8. The summed E-state index contributed by atoms with van der Waals surface area (Å²) in [6.45, 7) is 4.78. The number of anilines is 1. The lowest BCUT2D eigenvalue weighted by Crippen LogP contribution is -2.33. The number of carbonyl (C=O) groups is 1. The molecule has 0 aromatic heterocycles. The summed E-state index contributed by atoms with van der Waals surface area (Å²) < 4.78 is 12.9. The number of ether oxygens (including phenoxy) is 2. The van der Waals surface area contributed by atoms with Crippen LogP contribution >= 0.6 is 34.2 Å². The van der Waals surface area contributed by atoms with Gasteiger partial charge in [0.2, 0.25) is 0 Å². The Hall–Kier alpha value is -3.03. The number of hydrogen-bond donors (Lipinski definition) is 1. The molecule has 6 rings (SSSR count). The molecule has 0 amide bonds. The summed E-state index contributed by atoms with van der Waals surface area (Å²) in [5.74, 6) is 1.53. The highest BCUT2D eigenvalue weighted by Gasteiger charge is 2.41. The number of fused-ring (bicyclic) bond motifs is 4. The second-order valence-electron chi connectivity index (χ2n) is 11.1. The van der Waals surface area contributed by atoms with Crippen LogP contribution in [0.4, 0.5) is 5.69 Å². The van der Waals surface area contributed by atoms with E-state index in [4.69, 9.17) is 21.1 Å². The van der Waals surface area contributed by atoms with Crippen LogP contribution in [0.5, 0.6) is 11.5 Å². The van der Waals surface area contributed by atoms with Gasteiger partial charge in [0.25, 0.3) is 0 Å². The Labute approximate surface area is 247 Å². The van der Waals surface area contributed by atoms with Crippen LogP contribution in [-0.2, 0) is 11.4 Å². The van der Waals surface area contributed by atoms with Crippen molar-refractivity contribution in [2.45, 2.75) is 39.3 Å². The average molecular weight is 650 g/mol. The van der Waals surface area contributed by atoms with Crippen molar-refractivity contribution in [2.24, 2.45) is 5.41 Å². The number of hydrogen-bond acceptors (Lipinski definition) is 4. The minimum atomic E-state index is -0.273. The molecule has 1 aliphatic carbocycles. The number of benzene rings is 4. The zero-order valence-corrected chi connectivity index (χ0v) is 25.0. The SMILES string of the molecule is COc1cc(C2Nc3ccc4ccccc4c3C3=C2C(=O)CC(C)(C)C3)cc(I)c1OCc1ccc(Cl)cc1. The Morgan fingerprint density at radius 3 is 2.56 bits per heavy atom. The van der Waals surface area contributed by atoms with E-state index in [1.54, 1.807) is 7.11 Å². The average Bonchev–Trinajstić information content (AvgIpc) is 2.91. The molecule has 4 aromatic rings. The van der Waals surface area contributed by atoms with Crippen molar-refractivity contribution in [2.75, 3.05) is 12.4 Å². The van der Waals surface area contributed by atoms with Gasteiger partial charge in [0.1, 0.15) is 6.61 Å². The van der Waals surface area contributed by atoms with Gasteiger partial charge in [-0.3, -0.25) is 4.79 Å². The van der Waals surface area contributed by atoms with E-state index in [0.717, 1.165) is 43.5 Å². The Kier molecular flexibility index (Phi) is 6.84. The fraction of sp³-hybridized carbons (Fsp3) is 0.242. The van der Waals surface area contributed by atoms with Crippen molar-refractivity contribution < 1.29 is 14.3 Å². The smallest absolute Gasteiger partial charge is 0.174 e. The van der Waals surface area contributed by atoms with E-state index >= 15 is 0 Å². The normalized spacial score (nSPS) is 17.9. The number of allylic oxidation sites excluding steroid dienone is 1. The molecule has 0 bridgehead atoms. The number of methoxy groups -OCH3 is 1. The standard InChI is InChI=1S/C33H29ClINO3/c1-33(2)16-24-29-23-7-5-4-6-20(23)10-13-26(29)36-31(30(24)27(37)17-33)21-14-25(35)32(28(15-21)38-3)39-18-19-8-11-22(34)12-9-19/h4-15,31,36H,16-18H2,1-3H3. The lowest BCUT2D eigenvalue weighted by Gasteiger charge is -2.40. The molecular weight excluding hydrogens is 621 g/mol. The number of carbonyl (C=O) groups excluding carboxylic acids is 1. The van der Waals surface area contributed by atoms with Crippen LogP contribution < -0.4 is 14.8 Å². The zero-order chi connectivity index (χ0) is 27.3. The van der Waals surface area contributed by atoms with Crippen molar-refractivity contribution in [1.29, 1.82) is 0 Å². The molecule has 0 saturated carbocycles. The van der Waals surface area contributed by atoms with E-state index in [9.17, 15) is 4.79 Å². The third kappa shape index (κ3) is 4.91. The van der Waals surface area contributed by atoms with E-state index in [2.05, 4.69) is 84.2 Å². The summed E-state index contributed by atoms with van der Waals surface area (Å²) in [4.78, 5) is 13.8. The van der Waals surface area contributed by atoms with Crippen molar-refractivity contribution in [3.05, 3.63) is 104 Å². The Bertz CT molecular complexity index is 1640. The van der Waals surface area contributed by atoms with Crippen LogP contribution in [0.25, 0.3) is 16.3 Å². The van der Waals surface area contributed by atoms with Gasteiger partial charge in [-0.05, 0) is 92.2 Å². The van der Waals surface area contributed by atoms with E-state index in [0.29, 0.717) is 29.5 Å². The van der Waals surface area contributed by atoms with Crippen LogP contribution in [-0.4, -0.2) is 12.9 Å². The van der Waals surface area contributed by atoms with E-state index in [1.807, 2.05) is 30.3 Å². The molecule has 0 saturated heterocycles. The van der Waals surface area contributed by atoms with Gasteiger partial charge in [0, 0.05) is 28.3 Å². The lowest BCUT2D eigenvalue weighted by molar-refractivity contribution is -0.118. The number of nitrogens with one attached hydrogen (secondary N) is 1.